The van der Waals surface area contributed by atoms with Gasteiger partial charge in [-0.05, 0) is 62.2 Å². The van der Waals surface area contributed by atoms with Gasteiger partial charge in [-0.1, -0.05) is 0 Å². The maximum absolute atomic E-state index is 13.9. The number of aromatic nitrogens is 1. The van der Waals surface area contributed by atoms with Gasteiger partial charge in [-0.3, -0.25) is 9.59 Å². The van der Waals surface area contributed by atoms with Crippen LogP contribution in [0.5, 0.6) is 5.75 Å². The molecular formula is C25H24F2N2O3S. The van der Waals surface area contributed by atoms with E-state index in [1.165, 1.54) is 11.3 Å². The number of hydrogen-bond acceptors (Lipinski definition) is 5. The number of carbonyl (C=O) groups excluding carboxylic acids is 2. The maximum Gasteiger partial charge on any atom is 0.228 e. The molecule has 1 amide bonds. The van der Waals surface area contributed by atoms with Crippen LogP contribution in [0.4, 0.5) is 8.78 Å². The first-order valence-corrected chi connectivity index (χ1v) is 11.8. The summed E-state index contributed by atoms with van der Waals surface area (Å²) >= 11 is 1.48. The number of ether oxygens (including phenoxy) is 1. The highest BCUT2D eigenvalue weighted by Crippen LogP contribution is 2.27. The van der Waals surface area contributed by atoms with Gasteiger partial charge in [0, 0.05) is 30.0 Å². The van der Waals surface area contributed by atoms with Crippen LogP contribution in [-0.2, 0) is 11.2 Å². The minimum Gasteiger partial charge on any atom is -0.494 e. The van der Waals surface area contributed by atoms with E-state index in [2.05, 4.69) is 4.98 Å². The van der Waals surface area contributed by atoms with E-state index >= 15 is 0 Å². The smallest absolute Gasteiger partial charge is 0.228 e. The summed E-state index contributed by atoms with van der Waals surface area (Å²) in [6, 6.07) is 10.6. The van der Waals surface area contributed by atoms with Gasteiger partial charge >= 0.3 is 0 Å². The molecule has 1 aliphatic rings. The van der Waals surface area contributed by atoms with Crippen LogP contribution in [0.15, 0.2) is 47.8 Å². The number of ketones is 1. The Bertz CT molecular complexity index is 1140. The van der Waals surface area contributed by atoms with Gasteiger partial charge in [-0.25, -0.2) is 13.8 Å². The Labute approximate surface area is 195 Å². The standard InChI is InChI=1S/C25H24F2N2O3S/c1-2-32-20-6-3-17(4-7-20)25-28-19(15-33-25)14-23(30)29-11-9-16(10-12-29)24(31)21-13-18(26)5-8-22(21)27/h3-8,13,15-16H,2,9-12,14H2,1H3. The van der Waals surface area contributed by atoms with Crippen LogP contribution < -0.4 is 4.74 Å². The average molecular weight is 471 g/mol. The molecule has 4 rings (SSSR count). The van der Waals surface area contributed by atoms with Crippen molar-refractivity contribution in [2.24, 2.45) is 5.92 Å². The topological polar surface area (TPSA) is 59.5 Å². The molecule has 1 aromatic heterocycles. The quantitative estimate of drug-likeness (QED) is 0.448. The number of piperidine rings is 1. The molecule has 1 fully saturated rings. The molecule has 0 bridgehead atoms. The lowest BCUT2D eigenvalue weighted by molar-refractivity contribution is -0.131. The molecule has 0 radical (unpaired) electrons. The molecule has 0 atom stereocenters. The lowest BCUT2D eigenvalue weighted by atomic mass is 9.88. The van der Waals surface area contributed by atoms with Gasteiger partial charge in [0.2, 0.25) is 5.91 Å². The van der Waals surface area contributed by atoms with Crippen molar-refractivity contribution >= 4 is 23.0 Å². The fourth-order valence-corrected chi connectivity index (χ4v) is 4.77. The van der Waals surface area contributed by atoms with Gasteiger partial charge < -0.3 is 9.64 Å². The van der Waals surface area contributed by atoms with E-state index < -0.39 is 23.3 Å². The van der Waals surface area contributed by atoms with E-state index in [0.717, 1.165) is 34.5 Å². The molecule has 5 nitrogen and oxygen atoms in total. The molecule has 8 heteroatoms. The predicted molar refractivity (Wildman–Crippen MR) is 122 cm³/mol. The third kappa shape index (κ3) is 5.45. The summed E-state index contributed by atoms with van der Waals surface area (Å²) < 4.78 is 32.8. The van der Waals surface area contributed by atoms with Crippen molar-refractivity contribution in [1.82, 2.24) is 9.88 Å². The highest BCUT2D eigenvalue weighted by Gasteiger charge is 2.29. The van der Waals surface area contributed by atoms with Crippen LogP contribution in [0.25, 0.3) is 10.6 Å². The molecule has 0 spiro atoms. The van der Waals surface area contributed by atoms with Crippen molar-refractivity contribution in [3.05, 3.63) is 70.7 Å². The molecule has 0 unspecified atom stereocenters. The van der Waals surface area contributed by atoms with Crippen LogP contribution in [-0.4, -0.2) is 41.3 Å². The Morgan fingerprint density at radius 2 is 1.85 bits per heavy atom. The van der Waals surface area contributed by atoms with Crippen molar-refractivity contribution < 1.29 is 23.1 Å². The van der Waals surface area contributed by atoms with Gasteiger partial charge in [0.05, 0.1) is 24.3 Å². The van der Waals surface area contributed by atoms with Crippen LogP contribution in [0.3, 0.4) is 0 Å². The second-order valence-electron chi connectivity index (χ2n) is 7.92. The summed E-state index contributed by atoms with van der Waals surface area (Å²) in [4.78, 5) is 31.7. The van der Waals surface area contributed by atoms with Crippen LogP contribution in [0.1, 0.15) is 35.8 Å². The highest BCUT2D eigenvalue weighted by molar-refractivity contribution is 7.13. The highest BCUT2D eigenvalue weighted by atomic mass is 32.1. The summed E-state index contributed by atoms with van der Waals surface area (Å²) in [7, 11) is 0. The van der Waals surface area contributed by atoms with E-state index in [9.17, 15) is 18.4 Å². The second-order valence-corrected chi connectivity index (χ2v) is 8.78. The van der Waals surface area contributed by atoms with E-state index in [1.54, 1.807) is 4.90 Å². The molecule has 3 aromatic rings. The van der Waals surface area contributed by atoms with Crippen LogP contribution in [0.2, 0.25) is 0 Å². The molecule has 2 aromatic carbocycles. The molecule has 33 heavy (non-hydrogen) atoms. The molecule has 2 heterocycles. The first kappa shape index (κ1) is 23.0. The summed E-state index contributed by atoms with van der Waals surface area (Å²) in [6.07, 6.45) is 1.04. The number of thiazole rings is 1. The summed E-state index contributed by atoms with van der Waals surface area (Å²) in [5.41, 5.74) is 1.45. The SMILES string of the molecule is CCOc1ccc(-c2nc(CC(=O)N3CCC(C(=O)c4cc(F)ccc4F)CC3)cs2)cc1. The molecule has 0 N–H and O–H groups in total. The number of amides is 1. The Kier molecular flexibility index (Phi) is 7.13. The van der Waals surface area contributed by atoms with Crippen molar-refractivity contribution in [3.63, 3.8) is 0 Å². The van der Waals surface area contributed by atoms with Gasteiger partial charge in [0.1, 0.15) is 22.4 Å². The van der Waals surface area contributed by atoms with Crippen molar-refractivity contribution in [3.8, 4) is 16.3 Å². The first-order valence-electron chi connectivity index (χ1n) is 10.9. The van der Waals surface area contributed by atoms with Crippen molar-refractivity contribution in [2.45, 2.75) is 26.2 Å². The molecule has 0 saturated carbocycles. The summed E-state index contributed by atoms with van der Waals surface area (Å²) in [6.45, 7) is 3.35. The van der Waals surface area contributed by atoms with Gasteiger partial charge in [-0.15, -0.1) is 11.3 Å². The number of rotatable bonds is 7. The number of likely N-dealkylation sites (tertiary alicyclic amines) is 1. The number of nitrogens with zero attached hydrogens (tertiary/aromatic N) is 2. The molecule has 172 valence electrons. The van der Waals surface area contributed by atoms with E-state index in [4.69, 9.17) is 4.74 Å². The zero-order valence-corrected chi connectivity index (χ0v) is 19.0. The Hall–Kier alpha value is -3.13. The second kappa shape index (κ2) is 10.2. The number of Topliss-reactive ketones (excluding diaryl/α,β-unsaturated/α-hetero) is 1. The first-order chi connectivity index (χ1) is 15.9. The van der Waals surface area contributed by atoms with Gasteiger partial charge in [-0.2, -0.15) is 0 Å². The van der Waals surface area contributed by atoms with E-state index in [1.807, 2.05) is 36.6 Å². The summed E-state index contributed by atoms with van der Waals surface area (Å²) in [5, 5.41) is 2.72. The van der Waals surface area contributed by atoms with Gasteiger partial charge in [0.25, 0.3) is 0 Å². The van der Waals surface area contributed by atoms with E-state index in [0.29, 0.717) is 38.2 Å². The normalized spacial score (nSPS) is 14.3. The minimum absolute atomic E-state index is 0.0543. The van der Waals surface area contributed by atoms with Gasteiger partial charge in [0.15, 0.2) is 5.78 Å². The Morgan fingerprint density at radius 3 is 2.55 bits per heavy atom. The average Bonchev–Trinajstić information content (AvgIpc) is 3.29. The predicted octanol–water partition coefficient (Wildman–Crippen LogP) is 5.15. The third-order valence-electron chi connectivity index (χ3n) is 5.71. The van der Waals surface area contributed by atoms with Crippen LogP contribution >= 0.6 is 11.3 Å². The number of carbonyl (C=O) groups is 2. The minimum atomic E-state index is -0.716. The number of halogens is 2. The summed E-state index contributed by atoms with van der Waals surface area (Å²) in [5.74, 6) is -1.43. The molecular weight excluding hydrogens is 446 g/mol. The lowest BCUT2D eigenvalue weighted by Gasteiger charge is -2.31. The number of hydrogen-bond donors (Lipinski definition) is 0. The van der Waals surface area contributed by atoms with Crippen LogP contribution in [0, 0.1) is 17.6 Å². The molecule has 1 saturated heterocycles. The van der Waals surface area contributed by atoms with Crippen molar-refractivity contribution in [1.29, 1.82) is 0 Å². The zero-order chi connectivity index (χ0) is 23.4. The van der Waals surface area contributed by atoms with E-state index in [-0.39, 0.29) is 17.9 Å². The molecule has 1 aliphatic heterocycles. The fraction of sp³-hybridized carbons (Fsp3) is 0.320. The Balaban J connectivity index is 1.32. The monoisotopic (exact) mass is 470 g/mol. The molecule has 0 aliphatic carbocycles. The van der Waals surface area contributed by atoms with Crippen molar-refractivity contribution in [2.75, 3.05) is 19.7 Å². The lowest BCUT2D eigenvalue weighted by Crippen LogP contribution is -2.41. The largest absolute Gasteiger partial charge is 0.494 e. The third-order valence-corrected chi connectivity index (χ3v) is 6.65. The zero-order valence-electron chi connectivity index (χ0n) is 18.2. The maximum atomic E-state index is 13.9. The number of benzene rings is 2. The fourth-order valence-electron chi connectivity index (χ4n) is 3.95. The Morgan fingerprint density at radius 1 is 1.12 bits per heavy atom.